The van der Waals surface area contributed by atoms with E-state index in [1.54, 1.807) is 4.90 Å². The van der Waals surface area contributed by atoms with Crippen molar-refractivity contribution in [1.82, 2.24) is 0 Å². The van der Waals surface area contributed by atoms with Gasteiger partial charge in [0.15, 0.2) is 6.10 Å². The van der Waals surface area contributed by atoms with E-state index in [0.29, 0.717) is 6.10 Å². The predicted octanol–water partition coefficient (Wildman–Crippen LogP) is -2.86. The van der Waals surface area contributed by atoms with Crippen LogP contribution in [0.4, 0.5) is 0 Å². The van der Waals surface area contributed by atoms with Gasteiger partial charge in [-0.05, 0) is 0 Å². The summed E-state index contributed by atoms with van der Waals surface area (Å²) in [7, 11) is 2.20. The zero-order chi connectivity index (χ0) is 6.69. The Labute approximate surface area is 55.8 Å². The molecule has 0 aromatic rings. The van der Waals surface area contributed by atoms with Gasteiger partial charge >= 0.3 is 0 Å². The summed E-state index contributed by atoms with van der Waals surface area (Å²) in [5.41, 5.74) is 3.81. The van der Waals surface area contributed by atoms with Crippen LogP contribution in [0.1, 0.15) is 0 Å². The van der Waals surface area contributed by atoms with Crippen LogP contribution in [0.2, 0.25) is 0 Å². The Morgan fingerprint density at radius 1 is 1.78 bits per heavy atom. The van der Waals surface area contributed by atoms with Crippen LogP contribution in [0.3, 0.4) is 0 Å². The quantitative estimate of drug-likeness (QED) is 0.396. The molecule has 54 valence electrons. The third kappa shape index (κ3) is 1.93. The Balaban J connectivity index is 2.23. The maximum atomic E-state index is 5.41. The van der Waals surface area contributed by atoms with Gasteiger partial charge in [-0.25, -0.2) is 0 Å². The fourth-order valence-electron chi connectivity index (χ4n) is 1.13. The molecule has 0 radical (unpaired) electrons. The van der Waals surface area contributed by atoms with Crippen LogP contribution in [-0.2, 0) is 4.74 Å². The molecule has 0 spiro atoms. The monoisotopic (exact) mass is 132 g/mol. The lowest BCUT2D eigenvalue weighted by Gasteiger charge is -2.24. The first-order valence-corrected chi connectivity index (χ1v) is 3.55. The Morgan fingerprint density at radius 2 is 2.56 bits per heavy atom. The summed E-state index contributed by atoms with van der Waals surface area (Å²) in [6, 6.07) is 0. The van der Waals surface area contributed by atoms with Gasteiger partial charge in [-0.15, -0.1) is 0 Å². The van der Waals surface area contributed by atoms with Crippen molar-refractivity contribution in [3.8, 4) is 0 Å². The Kier molecular flexibility index (Phi) is 2.45. The highest BCUT2D eigenvalue weighted by atomic mass is 16.5. The van der Waals surface area contributed by atoms with Crippen molar-refractivity contribution < 1.29 is 15.4 Å². The fraction of sp³-hybridized carbons (Fsp3) is 1.00. The van der Waals surface area contributed by atoms with Crippen molar-refractivity contribution in [3.63, 3.8) is 0 Å². The maximum Gasteiger partial charge on any atom is 0.155 e. The molecule has 0 aromatic carbocycles. The van der Waals surface area contributed by atoms with Gasteiger partial charge in [0.1, 0.15) is 19.6 Å². The fourth-order valence-corrected chi connectivity index (χ4v) is 1.13. The highest BCUT2D eigenvalue weighted by Gasteiger charge is 2.19. The van der Waals surface area contributed by atoms with E-state index in [0.717, 1.165) is 26.2 Å². The molecule has 0 bridgehead atoms. The number of ether oxygens (including phenoxy) is 1. The van der Waals surface area contributed by atoms with E-state index in [2.05, 4.69) is 12.8 Å². The highest BCUT2D eigenvalue weighted by Crippen LogP contribution is 1.86. The summed E-state index contributed by atoms with van der Waals surface area (Å²) in [6.07, 6.45) is 0.416. The normalized spacial score (nSPS) is 36.7. The predicted molar refractivity (Wildman–Crippen MR) is 34.1 cm³/mol. The van der Waals surface area contributed by atoms with Crippen molar-refractivity contribution in [2.75, 3.05) is 33.3 Å². The molecule has 1 rings (SSSR count). The van der Waals surface area contributed by atoms with Crippen LogP contribution in [0, 0.1) is 0 Å². The van der Waals surface area contributed by atoms with Gasteiger partial charge in [-0.1, -0.05) is 0 Å². The molecule has 2 atom stereocenters. The molecule has 0 aromatic heterocycles. The first kappa shape index (κ1) is 6.99. The van der Waals surface area contributed by atoms with Crippen molar-refractivity contribution in [3.05, 3.63) is 0 Å². The molecule has 3 nitrogen and oxygen atoms in total. The van der Waals surface area contributed by atoms with Gasteiger partial charge in [0.25, 0.3) is 0 Å². The molecule has 1 heterocycles. The molecule has 1 saturated heterocycles. The minimum absolute atomic E-state index is 0.416. The molecule has 0 aliphatic carbocycles. The molecule has 4 N–H and O–H groups in total. The topological polar surface area (TPSA) is 41.3 Å². The average molecular weight is 132 g/mol. The van der Waals surface area contributed by atoms with Gasteiger partial charge < -0.3 is 15.4 Å². The number of hydrogen-bond acceptors (Lipinski definition) is 1. The number of morpholine rings is 1. The van der Waals surface area contributed by atoms with Crippen LogP contribution < -0.4 is 10.6 Å². The molecule has 3 heteroatoms. The van der Waals surface area contributed by atoms with E-state index in [-0.39, 0.29) is 0 Å². The molecule has 9 heavy (non-hydrogen) atoms. The second kappa shape index (κ2) is 3.15. The van der Waals surface area contributed by atoms with E-state index in [4.69, 9.17) is 4.74 Å². The van der Waals surface area contributed by atoms with Crippen molar-refractivity contribution in [2.45, 2.75) is 6.10 Å². The average Bonchev–Trinajstić information content (AvgIpc) is 1.88. The summed E-state index contributed by atoms with van der Waals surface area (Å²) in [6.45, 7) is 4.10. The first-order chi connectivity index (χ1) is 4.33. The summed E-state index contributed by atoms with van der Waals surface area (Å²) in [4.78, 5) is 1.56. The maximum absolute atomic E-state index is 5.41. The van der Waals surface area contributed by atoms with Crippen LogP contribution >= 0.6 is 0 Å². The van der Waals surface area contributed by atoms with Crippen molar-refractivity contribution in [1.29, 1.82) is 0 Å². The van der Waals surface area contributed by atoms with Crippen molar-refractivity contribution in [2.24, 2.45) is 0 Å². The molecule has 1 unspecified atom stereocenters. The van der Waals surface area contributed by atoms with E-state index in [1.807, 2.05) is 0 Å². The van der Waals surface area contributed by atoms with E-state index >= 15 is 0 Å². The molecule has 0 saturated carbocycles. The summed E-state index contributed by atoms with van der Waals surface area (Å²) in [5, 5.41) is 0. The molecule has 1 aliphatic heterocycles. The van der Waals surface area contributed by atoms with Crippen LogP contribution in [0.5, 0.6) is 0 Å². The number of nitrogens with one attached hydrogen (secondary N) is 1. The van der Waals surface area contributed by atoms with Crippen LogP contribution in [0.15, 0.2) is 0 Å². The van der Waals surface area contributed by atoms with Gasteiger partial charge in [-0.3, -0.25) is 0 Å². The highest BCUT2D eigenvalue weighted by molar-refractivity contribution is 4.54. The minimum Gasteiger partial charge on any atom is -0.361 e. The van der Waals surface area contributed by atoms with Gasteiger partial charge in [0.2, 0.25) is 0 Å². The molecule has 0 amide bonds. The number of likely N-dealkylation sites (N-methyl/N-ethyl adjacent to an activating group) is 1. The third-order valence-electron chi connectivity index (χ3n) is 1.78. The first-order valence-electron chi connectivity index (χ1n) is 3.55. The lowest BCUT2D eigenvalue weighted by atomic mass is 10.3. The van der Waals surface area contributed by atoms with E-state index in [1.165, 1.54) is 0 Å². The van der Waals surface area contributed by atoms with Crippen molar-refractivity contribution >= 4 is 0 Å². The van der Waals surface area contributed by atoms with Crippen LogP contribution in [-0.4, -0.2) is 39.4 Å². The van der Waals surface area contributed by atoms with Gasteiger partial charge in [0, 0.05) is 0 Å². The third-order valence-corrected chi connectivity index (χ3v) is 1.78. The second-order valence-corrected chi connectivity index (χ2v) is 2.69. The molecule has 1 fully saturated rings. The van der Waals surface area contributed by atoms with E-state index < -0.39 is 0 Å². The lowest BCUT2D eigenvalue weighted by molar-refractivity contribution is -0.893. The molecular weight excluding hydrogens is 116 g/mol. The number of rotatable bonds is 1. The standard InChI is InChI=1S/C6H14N2O/c1-8-2-3-9-6(4-7)5-8/h6H,2-5,7H2,1H3/p+2/t6-/m0/s1. The number of quaternary nitrogens is 2. The number of hydrogen-bond donors (Lipinski definition) is 2. The van der Waals surface area contributed by atoms with Gasteiger partial charge in [0.05, 0.1) is 13.7 Å². The second-order valence-electron chi connectivity index (χ2n) is 2.69. The van der Waals surface area contributed by atoms with E-state index in [9.17, 15) is 0 Å². The SMILES string of the molecule is C[NH+]1CCO[C@@H](C[NH3+])C1. The lowest BCUT2D eigenvalue weighted by Crippen LogP contribution is -3.12. The smallest absolute Gasteiger partial charge is 0.155 e. The summed E-state index contributed by atoms with van der Waals surface area (Å²) < 4.78 is 5.41. The summed E-state index contributed by atoms with van der Waals surface area (Å²) in [5.74, 6) is 0. The van der Waals surface area contributed by atoms with Crippen LogP contribution in [0.25, 0.3) is 0 Å². The zero-order valence-electron chi connectivity index (χ0n) is 6.02. The molecular formula is C6H16N2O+2. The van der Waals surface area contributed by atoms with Gasteiger partial charge in [-0.2, -0.15) is 0 Å². The Bertz CT molecular complexity index is 87.1. The largest absolute Gasteiger partial charge is 0.361 e. The minimum atomic E-state index is 0.416. The zero-order valence-corrected chi connectivity index (χ0v) is 6.02. The molecule has 1 aliphatic rings. The Morgan fingerprint density at radius 3 is 3.00 bits per heavy atom. The summed E-state index contributed by atoms with van der Waals surface area (Å²) >= 11 is 0. The Hall–Kier alpha value is -0.120.